The highest BCUT2D eigenvalue weighted by atomic mass is 35.5. The monoisotopic (exact) mass is 246 g/mol. The van der Waals surface area contributed by atoms with E-state index in [1.807, 2.05) is 18.2 Å². The van der Waals surface area contributed by atoms with Gasteiger partial charge in [0.25, 0.3) is 0 Å². The summed E-state index contributed by atoms with van der Waals surface area (Å²) >= 11 is 5.95. The molecule has 0 aliphatic rings. The molecule has 0 spiro atoms. The van der Waals surface area contributed by atoms with Gasteiger partial charge in [0.1, 0.15) is 12.0 Å². The number of halogens is 1. The molecule has 17 heavy (non-hydrogen) atoms. The van der Waals surface area contributed by atoms with Crippen molar-refractivity contribution in [3.05, 3.63) is 53.1 Å². The first-order valence-corrected chi connectivity index (χ1v) is 5.51. The first kappa shape index (κ1) is 11.7. The molecule has 0 heterocycles. The van der Waals surface area contributed by atoms with Gasteiger partial charge in [-0.3, -0.25) is 4.79 Å². The maximum absolute atomic E-state index is 10.8. The summed E-state index contributed by atoms with van der Waals surface area (Å²) < 4.78 is 5.28. The molecule has 0 unspecified atom stereocenters. The molecule has 2 nitrogen and oxygen atoms in total. The molecular formula is C14H11ClO2. The summed E-state index contributed by atoms with van der Waals surface area (Å²) in [5.41, 5.74) is 2.40. The molecule has 0 amide bonds. The Labute approximate surface area is 105 Å². The van der Waals surface area contributed by atoms with Gasteiger partial charge < -0.3 is 4.74 Å². The van der Waals surface area contributed by atoms with Crippen LogP contribution in [-0.4, -0.2) is 13.4 Å². The molecular weight excluding hydrogens is 236 g/mol. The van der Waals surface area contributed by atoms with Gasteiger partial charge >= 0.3 is 0 Å². The van der Waals surface area contributed by atoms with E-state index in [1.54, 1.807) is 31.4 Å². The summed E-state index contributed by atoms with van der Waals surface area (Å²) in [4.78, 5) is 10.8. The molecule has 0 aliphatic carbocycles. The largest absolute Gasteiger partial charge is 0.496 e. The quantitative estimate of drug-likeness (QED) is 0.770. The van der Waals surface area contributed by atoms with E-state index in [4.69, 9.17) is 16.3 Å². The number of aldehydes is 1. The van der Waals surface area contributed by atoms with Crippen molar-refractivity contribution in [1.29, 1.82) is 0 Å². The zero-order chi connectivity index (χ0) is 12.3. The summed E-state index contributed by atoms with van der Waals surface area (Å²) in [6.07, 6.45) is 0.813. The van der Waals surface area contributed by atoms with Crippen molar-refractivity contribution in [2.24, 2.45) is 0 Å². The number of hydrogen-bond acceptors (Lipinski definition) is 2. The highest BCUT2D eigenvalue weighted by molar-refractivity contribution is 6.30. The summed E-state index contributed by atoms with van der Waals surface area (Å²) in [7, 11) is 1.60. The van der Waals surface area contributed by atoms with Gasteiger partial charge in [0.15, 0.2) is 0 Å². The van der Waals surface area contributed by atoms with Gasteiger partial charge in [0.05, 0.1) is 7.11 Å². The lowest BCUT2D eigenvalue weighted by Gasteiger charge is -2.09. The maximum atomic E-state index is 10.8. The van der Waals surface area contributed by atoms with Crippen LogP contribution in [0, 0.1) is 0 Å². The summed E-state index contributed by atoms with van der Waals surface area (Å²) in [5, 5.41) is 0.654. The number of ether oxygens (including phenoxy) is 1. The van der Waals surface area contributed by atoms with E-state index < -0.39 is 0 Å². The third-order valence-electron chi connectivity index (χ3n) is 2.50. The minimum atomic E-state index is 0.612. The predicted octanol–water partition coefficient (Wildman–Crippen LogP) is 3.83. The van der Waals surface area contributed by atoms with Crippen LogP contribution in [0.25, 0.3) is 11.1 Å². The van der Waals surface area contributed by atoms with Crippen LogP contribution in [0.2, 0.25) is 5.02 Å². The van der Waals surface area contributed by atoms with Crippen LogP contribution in [0.3, 0.4) is 0 Å². The molecule has 0 aromatic heterocycles. The molecule has 0 bridgehead atoms. The smallest absolute Gasteiger partial charge is 0.150 e. The highest BCUT2D eigenvalue weighted by Gasteiger charge is 2.07. The Morgan fingerprint density at radius 1 is 1.18 bits per heavy atom. The topological polar surface area (TPSA) is 26.3 Å². The Kier molecular flexibility index (Phi) is 3.45. The SMILES string of the molecule is COc1ccc(C=O)cc1-c1cccc(Cl)c1. The van der Waals surface area contributed by atoms with Crippen molar-refractivity contribution in [3.8, 4) is 16.9 Å². The van der Waals surface area contributed by atoms with Crippen molar-refractivity contribution in [2.75, 3.05) is 7.11 Å². The Hall–Kier alpha value is -1.80. The first-order valence-electron chi connectivity index (χ1n) is 5.14. The molecule has 0 aliphatic heterocycles. The van der Waals surface area contributed by atoms with Crippen molar-refractivity contribution in [3.63, 3.8) is 0 Å². The zero-order valence-corrected chi connectivity index (χ0v) is 10.1. The lowest BCUT2D eigenvalue weighted by molar-refractivity contribution is 0.112. The van der Waals surface area contributed by atoms with E-state index in [1.165, 1.54) is 0 Å². The second-order valence-corrected chi connectivity index (χ2v) is 4.02. The van der Waals surface area contributed by atoms with Gasteiger partial charge in [-0.2, -0.15) is 0 Å². The van der Waals surface area contributed by atoms with Gasteiger partial charge in [0, 0.05) is 16.1 Å². The zero-order valence-electron chi connectivity index (χ0n) is 9.31. The Bertz CT molecular complexity index is 550. The second kappa shape index (κ2) is 5.02. The van der Waals surface area contributed by atoms with Crippen LogP contribution in [-0.2, 0) is 0 Å². The molecule has 0 fully saturated rings. The number of rotatable bonds is 3. The lowest BCUT2D eigenvalue weighted by atomic mass is 10.0. The first-order chi connectivity index (χ1) is 8.24. The minimum Gasteiger partial charge on any atom is -0.496 e. The van der Waals surface area contributed by atoms with Crippen LogP contribution in [0.5, 0.6) is 5.75 Å². The third kappa shape index (κ3) is 2.48. The van der Waals surface area contributed by atoms with Crippen molar-refractivity contribution >= 4 is 17.9 Å². The van der Waals surface area contributed by atoms with E-state index in [0.29, 0.717) is 10.6 Å². The highest BCUT2D eigenvalue weighted by Crippen LogP contribution is 2.31. The lowest BCUT2D eigenvalue weighted by Crippen LogP contribution is -1.90. The van der Waals surface area contributed by atoms with E-state index in [-0.39, 0.29) is 0 Å². The van der Waals surface area contributed by atoms with E-state index in [2.05, 4.69) is 0 Å². The molecule has 2 aromatic rings. The molecule has 0 saturated heterocycles. The average molecular weight is 247 g/mol. The fourth-order valence-electron chi connectivity index (χ4n) is 1.68. The normalized spacial score (nSPS) is 10.0. The fraction of sp³-hybridized carbons (Fsp3) is 0.0714. The van der Waals surface area contributed by atoms with Crippen LogP contribution >= 0.6 is 11.6 Å². The third-order valence-corrected chi connectivity index (χ3v) is 2.73. The molecule has 2 rings (SSSR count). The number of carbonyl (C=O) groups excluding carboxylic acids is 1. The van der Waals surface area contributed by atoms with Gasteiger partial charge in [0.2, 0.25) is 0 Å². The number of carbonyl (C=O) groups is 1. The summed E-state index contributed by atoms with van der Waals surface area (Å²) in [5.74, 6) is 0.720. The van der Waals surface area contributed by atoms with Crippen LogP contribution in [0.4, 0.5) is 0 Å². The molecule has 0 atom stereocenters. The van der Waals surface area contributed by atoms with Gasteiger partial charge in [-0.15, -0.1) is 0 Å². The van der Waals surface area contributed by atoms with Crippen molar-refractivity contribution < 1.29 is 9.53 Å². The van der Waals surface area contributed by atoms with E-state index in [9.17, 15) is 4.79 Å². The molecule has 2 aromatic carbocycles. The van der Waals surface area contributed by atoms with Crippen LogP contribution in [0.15, 0.2) is 42.5 Å². The van der Waals surface area contributed by atoms with Crippen molar-refractivity contribution in [2.45, 2.75) is 0 Å². The van der Waals surface area contributed by atoms with Crippen LogP contribution in [0.1, 0.15) is 10.4 Å². The Morgan fingerprint density at radius 2 is 2.00 bits per heavy atom. The summed E-state index contributed by atoms with van der Waals surface area (Å²) in [6.45, 7) is 0. The van der Waals surface area contributed by atoms with Gasteiger partial charge in [-0.05, 0) is 35.9 Å². The Balaban J connectivity index is 2.59. The molecule has 0 radical (unpaired) electrons. The van der Waals surface area contributed by atoms with E-state index >= 15 is 0 Å². The average Bonchev–Trinajstić information content (AvgIpc) is 2.38. The molecule has 0 N–H and O–H groups in total. The number of benzene rings is 2. The minimum absolute atomic E-state index is 0.612. The van der Waals surface area contributed by atoms with Gasteiger partial charge in [-0.25, -0.2) is 0 Å². The van der Waals surface area contributed by atoms with Crippen molar-refractivity contribution in [1.82, 2.24) is 0 Å². The summed E-state index contributed by atoms with van der Waals surface area (Å²) in [6, 6.07) is 12.7. The number of hydrogen-bond donors (Lipinski definition) is 0. The predicted molar refractivity (Wildman–Crippen MR) is 68.8 cm³/mol. The number of methoxy groups -OCH3 is 1. The van der Waals surface area contributed by atoms with Gasteiger partial charge in [-0.1, -0.05) is 23.7 Å². The Morgan fingerprint density at radius 3 is 2.65 bits per heavy atom. The van der Waals surface area contributed by atoms with Crippen LogP contribution < -0.4 is 4.74 Å². The molecule has 86 valence electrons. The second-order valence-electron chi connectivity index (χ2n) is 3.59. The molecule has 3 heteroatoms. The fourth-order valence-corrected chi connectivity index (χ4v) is 1.87. The maximum Gasteiger partial charge on any atom is 0.150 e. The standard InChI is InChI=1S/C14H11ClO2/c1-17-14-6-5-10(9-16)7-13(14)11-3-2-4-12(15)8-11/h2-9H,1H3. The molecule has 0 saturated carbocycles. The van der Waals surface area contributed by atoms with E-state index in [0.717, 1.165) is 23.2 Å².